The molecule has 2 heterocycles. The van der Waals surface area contributed by atoms with Crippen molar-refractivity contribution < 1.29 is 9.84 Å². The SMILES string of the molecule is Cc1cccc(COc2nc(C)n(-c3cccc(-c4nc(C(C)(C)O)ncc4C)c3)c(=O)c2Br)c1. The molecule has 2 aromatic heterocycles. The monoisotopic (exact) mass is 534 g/mol. The Labute approximate surface area is 212 Å². The van der Waals surface area contributed by atoms with Crippen molar-refractivity contribution >= 4 is 15.9 Å². The second-order valence-corrected chi connectivity index (χ2v) is 9.82. The van der Waals surface area contributed by atoms with Crippen LogP contribution >= 0.6 is 15.9 Å². The fourth-order valence-electron chi connectivity index (χ4n) is 3.76. The van der Waals surface area contributed by atoms with Gasteiger partial charge in [0.2, 0.25) is 5.88 Å². The van der Waals surface area contributed by atoms with Crippen LogP contribution in [0.4, 0.5) is 0 Å². The zero-order valence-corrected chi connectivity index (χ0v) is 21.9. The average Bonchev–Trinajstić information content (AvgIpc) is 2.80. The summed E-state index contributed by atoms with van der Waals surface area (Å²) in [6.45, 7) is 9.29. The highest BCUT2D eigenvalue weighted by atomic mass is 79.9. The molecule has 4 aromatic rings. The lowest BCUT2D eigenvalue weighted by molar-refractivity contribution is 0.0688. The summed E-state index contributed by atoms with van der Waals surface area (Å²) in [5.41, 5.74) is 3.69. The Bertz CT molecular complexity index is 1460. The Morgan fingerprint density at radius 2 is 1.80 bits per heavy atom. The van der Waals surface area contributed by atoms with Crippen molar-refractivity contribution in [1.82, 2.24) is 19.5 Å². The standard InChI is InChI=1S/C27H27BrN4O3/c1-16-8-6-9-19(12-16)15-35-24-22(28)25(33)32(18(3)30-24)21-11-7-10-20(13-21)23-17(2)14-29-26(31-23)27(4,5)34/h6-14,34H,15H2,1-5H3. The molecule has 0 aliphatic heterocycles. The number of aryl methyl sites for hydroxylation is 3. The molecular formula is C27H27BrN4O3. The predicted molar refractivity (Wildman–Crippen MR) is 139 cm³/mol. The van der Waals surface area contributed by atoms with Gasteiger partial charge in [-0.05, 0) is 73.8 Å². The van der Waals surface area contributed by atoms with E-state index in [9.17, 15) is 9.90 Å². The van der Waals surface area contributed by atoms with Crippen LogP contribution < -0.4 is 10.3 Å². The fourth-order valence-corrected chi connectivity index (χ4v) is 4.14. The minimum Gasteiger partial charge on any atom is -0.472 e. The molecule has 0 atom stereocenters. The van der Waals surface area contributed by atoms with Crippen LogP contribution in [0.15, 0.2) is 64.0 Å². The first kappa shape index (κ1) is 24.8. The summed E-state index contributed by atoms with van der Waals surface area (Å²) in [7, 11) is 0. The van der Waals surface area contributed by atoms with Gasteiger partial charge in [0.05, 0.1) is 11.4 Å². The average molecular weight is 535 g/mol. The summed E-state index contributed by atoms with van der Waals surface area (Å²) in [6.07, 6.45) is 1.69. The van der Waals surface area contributed by atoms with E-state index in [1.807, 2.05) is 62.4 Å². The van der Waals surface area contributed by atoms with Crippen molar-refractivity contribution in [3.8, 4) is 22.8 Å². The van der Waals surface area contributed by atoms with E-state index in [1.54, 1.807) is 27.0 Å². The Morgan fingerprint density at radius 3 is 2.51 bits per heavy atom. The highest BCUT2D eigenvalue weighted by molar-refractivity contribution is 9.10. The maximum absolute atomic E-state index is 13.3. The summed E-state index contributed by atoms with van der Waals surface area (Å²) in [5, 5.41) is 10.3. The highest BCUT2D eigenvalue weighted by Crippen LogP contribution is 2.27. The zero-order valence-electron chi connectivity index (χ0n) is 20.3. The van der Waals surface area contributed by atoms with E-state index in [-0.39, 0.29) is 15.9 Å². The Balaban J connectivity index is 1.71. The highest BCUT2D eigenvalue weighted by Gasteiger charge is 2.21. The van der Waals surface area contributed by atoms with Crippen molar-refractivity contribution in [2.24, 2.45) is 0 Å². The topological polar surface area (TPSA) is 90.1 Å². The van der Waals surface area contributed by atoms with Gasteiger partial charge in [-0.1, -0.05) is 42.0 Å². The van der Waals surface area contributed by atoms with E-state index in [0.29, 0.717) is 29.6 Å². The molecule has 0 radical (unpaired) electrons. The molecule has 0 spiro atoms. The number of hydrogen-bond acceptors (Lipinski definition) is 6. The minimum atomic E-state index is -1.17. The summed E-state index contributed by atoms with van der Waals surface area (Å²) < 4.78 is 7.65. The van der Waals surface area contributed by atoms with E-state index in [4.69, 9.17) is 4.74 Å². The van der Waals surface area contributed by atoms with E-state index in [1.165, 1.54) is 4.57 Å². The number of aromatic nitrogens is 4. The van der Waals surface area contributed by atoms with Crippen molar-refractivity contribution in [2.45, 2.75) is 46.8 Å². The van der Waals surface area contributed by atoms with Crippen LogP contribution in [-0.2, 0) is 12.2 Å². The molecule has 8 heteroatoms. The van der Waals surface area contributed by atoms with Gasteiger partial charge in [0.25, 0.3) is 5.56 Å². The van der Waals surface area contributed by atoms with Gasteiger partial charge in [0.1, 0.15) is 22.5 Å². The lowest BCUT2D eigenvalue weighted by Crippen LogP contribution is -2.24. The Hall–Kier alpha value is -3.36. The molecule has 180 valence electrons. The van der Waals surface area contributed by atoms with Crippen molar-refractivity contribution in [2.75, 3.05) is 0 Å². The van der Waals surface area contributed by atoms with Crippen molar-refractivity contribution in [3.05, 3.63) is 97.9 Å². The molecule has 0 aliphatic rings. The lowest BCUT2D eigenvalue weighted by Gasteiger charge is -2.18. The van der Waals surface area contributed by atoms with Crippen LogP contribution in [-0.4, -0.2) is 24.6 Å². The molecular weight excluding hydrogens is 508 g/mol. The molecule has 4 rings (SSSR count). The minimum absolute atomic E-state index is 0.253. The Kier molecular flexibility index (Phi) is 6.87. The van der Waals surface area contributed by atoms with Gasteiger partial charge in [0.15, 0.2) is 5.82 Å². The molecule has 2 aromatic carbocycles. The third-order valence-corrected chi connectivity index (χ3v) is 6.20. The van der Waals surface area contributed by atoms with Gasteiger partial charge in [-0.3, -0.25) is 9.36 Å². The number of benzene rings is 2. The molecule has 0 saturated heterocycles. The van der Waals surface area contributed by atoms with Gasteiger partial charge < -0.3 is 9.84 Å². The number of aliphatic hydroxyl groups is 1. The molecule has 0 bridgehead atoms. The number of nitrogens with zero attached hydrogens (tertiary/aromatic N) is 4. The van der Waals surface area contributed by atoms with E-state index < -0.39 is 5.60 Å². The molecule has 35 heavy (non-hydrogen) atoms. The summed E-state index contributed by atoms with van der Waals surface area (Å²) >= 11 is 3.39. The quantitative estimate of drug-likeness (QED) is 0.366. The largest absolute Gasteiger partial charge is 0.472 e. The van der Waals surface area contributed by atoms with Crippen LogP contribution in [0, 0.1) is 20.8 Å². The maximum Gasteiger partial charge on any atom is 0.276 e. The summed E-state index contributed by atoms with van der Waals surface area (Å²) in [4.78, 5) is 26.7. The summed E-state index contributed by atoms with van der Waals surface area (Å²) in [5.74, 6) is 1.07. The van der Waals surface area contributed by atoms with Crippen molar-refractivity contribution in [1.29, 1.82) is 0 Å². The fraction of sp³-hybridized carbons (Fsp3) is 0.259. The second-order valence-electron chi connectivity index (χ2n) is 9.03. The van der Waals surface area contributed by atoms with E-state index in [0.717, 1.165) is 22.3 Å². The van der Waals surface area contributed by atoms with Gasteiger partial charge >= 0.3 is 0 Å². The molecule has 7 nitrogen and oxygen atoms in total. The molecule has 0 aliphatic carbocycles. The van der Waals surface area contributed by atoms with Crippen LogP contribution in [0.2, 0.25) is 0 Å². The van der Waals surface area contributed by atoms with Gasteiger partial charge in [-0.25, -0.2) is 9.97 Å². The number of hydrogen-bond donors (Lipinski definition) is 1. The molecule has 0 unspecified atom stereocenters. The third kappa shape index (κ3) is 5.33. The molecule has 0 amide bonds. The van der Waals surface area contributed by atoms with Gasteiger partial charge in [-0.15, -0.1) is 0 Å². The lowest BCUT2D eigenvalue weighted by atomic mass is 10.0. The van der Waals surface area contributed by atoms with Gasteiger partial charge in [-0.2, -0.15) is 4.98 Å². The van der Waals surface area contributed by atoms with Crippen LogP contribution in [0.5, 0.6) is 5.88 Å². The molecule has 1 N–H and O–H groups in total. The maximum atomic E-state index is 13.3. The second kappa shape index (κ2) is 9.71. The third-order valence-electron chi connectivity index (χ3n) is 5.52. The first-order valence-electron chi connectivity index (χ1n) is 11.2. The molecule has 0 fully saturated rings. The summed E-state index contributed by atoms with van der Waals surface area (Å²) in [6, 6.07) is 15.5. The number of halogens is 1. The Morgan fingerprint density at radius 1 is 1.06 bits per heavy atom. The van der Waals surface area contributed by atoms with Crippen molar-refractivity contribution in [3.63, 3.8) is 0 Å². The van der Waals surface area contributed by atoms with Crippen LogP contribution in [0.3, 0.4) is 0 Å². The first-order chi connectivity index (χ1) is 16.5. The van der Waals surface area contributed by atoms with Crippen LogP contribution in [0.1, 0.15) is 42.2 Å². The van der Waals surface area contributed by atoms with Crippen LogP contribution in [0.25, 0.3) is 16.9 Å². The normalized spacial score (nSPS) is 11.5. The predicted octanol–water partition coefficient (Wildman–Crippen LogP) is 5.18. The molecule has 0 saturated carbocycles. The number of rotatable bonds is 6. The van der Waals surface area contributed by atoms with Gasteiger partial charge in [0, 0.05) is 11.8 Å². The number of ether oxygens (including phenoxy) is 1. The smallest absolute Gasteiger partial charge is 0.276 e. The van der Waals surface area contributed by atoms with E-state index in [2.05, 4.69) is 30.9 Å². The first-order valence-corrected chi connectivity index (χ1v) is 12.0. The zero-order chi connectivity index (χ0) is 25.3. The van der Waals surface area contributed by atoms with E-state index >= 15 is 0 Å².